The summed E-state index contributed by atoms with van der Waals surface area (Å²) in [4.78, 5) is 17.4. The van der Waals surface area contributed by atoms with E-state index in [4.69, 9.17) is 0 Å². The van der Waals surface area contributed by atoms with Gasteiger partial charge in [0.25, 0.3) is 5.56 Å². The molecule has 4 aromatic rings. The molecule has 0 spiro atoms. The minimum absolute atomic E-state index is 0.0937. The highest BCUT2D eigenvalue weighted by molar-refractivity contribution is 9.10. The van der Waals surface area contributed by atoms with E-state index >= 15 is 0 Å². The maximum Gasteiger partial charge on any atom is 0.281 e. The van der Waals surface area contributed by atoms with Crippen LogP contribution in [0.15, 0.2) is 82.2 Å². The van der Waals surface area contributed by atoms with E-state index in [9.17, 15) is 4.79 Å². The zero-order valence-corrected chi connectivity index (χ0v) is 13.6. The Balaban J connectivity index is 2.16. The summed E-state index contributed by atoms with van der Waals surface area (Å²) < 4.78 is 4.28. The summed E-state index contributed by atoms with van der Waals surface area (Å²) in [5, 5.41) is 0.576. The van der Waals surface area contributed by atoms with Crippen molar-refractivity contribution >= 4 is 27.0 Å². The van der Waals surface area contributed by atoms with Crippen molar-refractivity contribution in [2.24, 2.45) is 0 Å². The Labute approximate surface area is 140 Å². The van der Waals surface area contributed by atoms with Crippen LogP contribution < -0.4 is 5.56 Å². The van der Waals surface area contributed by atoms with Crippen molar-refractivity contribution in [2.45, 2.75) is 0 Å². The molecule has 0 atom stereocenters. The van der Waals surface area contributed by atoms with Gasteiger partial charge in [0.15, 0.2) is 5.65 Å². The Morgan fingerprint density at radius 3 is 2.00 bits per heavy atom. The molecule has 2 aromatic heterocycles. The van der Waals surface area contributed by atoms with Gasteiger partial charge in [0.2, 0.25) is 0 Å². The number of halogens is 1. The average molecular weight is 366 g/mol. The molecule has 0 aliphatic heterocycles. The standard InChI is InChI=1S/C18H12BrN3O/c19-13-11-16-17(20-12-13)21(14-7-3-1-4-8-14)22(18(16)23)15-9-5-2-6-10-15/h1-12H. The molecular formula is C18H12BrN3O. The van der Waals surface area contributed by atoms with Crippen molar-refractivity contribution in [1.29, 1.82) is 0 Å². The van der Waals surface area contributed by atoms with E-state index < -0.39 is 0 Å². The van der Waals surface area contributed by atoms with E-state index in [2.05, 4.69) is 20.9 Å². The summed E-state index contributed by atoms with van der Waals surface area (Å²) in [6, 6.07) is 21.1. The molecule has 0 amide bonds. The summed E-state index contributed by atoms with van der Waals surface area (Å²) >= 11 is 3.39. The molecule has 0 N–H and O–H groups in total. The fraction of sp³-hybridized carbons (Fsp3) is 0. The zero-order valence-electron chi connectivity index (χ0n) is 12.1. The van der Waals surface area contributed by atoms with Gasteiger partial charge in [0, 0.05) is 10.7 Å². The van der Waals surface area contributed by atoms with Gasteiger partial charge in [-0.2, -0.15) is 0 Å². The molecule has 0 aliphatic rings. The third kappa shape index (κ3) is 2.29. The number of aromatic nitrogens is 3. The molecule has 0 radical (unpaired) electrons. The second-order valence-corrected chi connectivity index (χ2v) is 6.04. The van der Waals surface area contributed by atoms with Crippen LogP contribution in [0.5, 0.6) is 0 Å². The molecular weight excluding hydrogens is 354 g/mol. The highest BCUT2D eigenvalue weighted by atomic mass is 79.9. The summed E-state index contributed by atoms with van der Waals surface area (Å²) in [5.41, 5.74) is 2.23. The molecule has 0 fully saturated rings. The fourth-order valence-electron chi connectivity index (χ4n) is 2.67. The maximum atomic E-state index is 13.0. The lowest BCUT2D eigenvalue weighted by Gasteiger charge is -2.12. The monoisotopic (exact) mass is 365 g/mol. The summed E-state index contributed by atoms with van der Waals surface area (Å²) in [7, 11) is 0. The Morgan fingerprint density at radius 1 is 0.826 bits per heavy atom. The predicted octanol–water partition coefficient (Wildman–Crippen LogP) is 3.94. The number of para-hydroxylation sites is 2. The van der Waals surface area contributed by atoms with Gasteiger partial charge in [-0.3, -0.25) is 4.79 Å². The third-order valence-corrected chi connectivity index (χ3v) is 4.09. The number of rotatable bonds is 2. The van der Waals surface area contributed by atoms with Gasteiger partial charge in [-0.25, -0.2) is 14.3 Å². The lowest BCUT2D eigenvalue weighted by molar-refractivity contribution is 0.736. The SMILES string of the molecule is O=c1c2cc(Br)cnc2n(-c2ccccc2)n1-c1ccccc1. The molecule has 2 aromatic carbocycles. The van der Waals surface area contributed by atoms with E-state index in [1.165, 1.54) is 0 Å². The third-order valence-electron chi connectivity index (χ3n) is 3.66. The molecule has 2 heterocycles. The van der Waals surface area contributed by atoms with E-state index in [1.807, 2.05) is 71.4 Å². The van der Waals surface area contributed by atoms with Gasteiger partial charge in [-0.05, 0) is 46.3 Å². The molecule has 0 saturated carbocycles. The van der Waals surface area contributed by atoms with Crippen molar-refractivity contribution < 1.29 is 0 Å². The second kappa shape index (κ2) is 5.52. The predicted molar refractivity (Wildman–Crippen MR) is 94.4 cm³/mol. The van der Waals surface area contributed by atoms with Gasteiger partial charge in [0.05, 0.1) is 16.8 Å². The lowest BCUT2D eigenvalue weighted by atomic mass is 10.3. The van der Waals surface area contributed by atoms with Crippen LogP contribution >= 0.6 is 15.9 Å². The Kier molecular flexibility index (Phi) is 3.35. The zero-order chi connectivity index (χ0) is 15.8. The molecule has 0 saturated heterocycles. The van der Waals surface area contributed by atoms with Crippen LogP contribution in [-0.4, -0.2) is 14.3 Å². The van der Waals surface area contributed by atoms with E-state index in [1.54, 1.807) is 10.9 Å². The molecule has 0 bridgehead atoms. The molecule has 23 heavy (non-hydrogen) atoms. The number of fused-ring (bicyclic) bond motifs is 1. The van der Waals surface area contributed by atoms with E-state index in [0.717, 1.165) is 15.8 Å². The number of nitrogens with zero attached hydrogens (tertiary/aromatic N) is 3. The van der Waals surface area contributed by atoms with E-state index in [0.29, 0.717) is 11.0 Å². The first-order valence-electron chi connectivity index (χ1n) is 7.16. The van der Waals surface area contributed by atoms with Gasteiger partial charge in [-0.1, -0.05) is 36.4 Å². The molecule has 112 valence electrons. The van der Waals surface area contributed by atoms with Crippen LogP contribution in [0.2, 0.25) is 0 Å². The van der Waals surface area contributed by atoms with Gasteiger partial charge in [0.1, 0.15) is 0 Å². The Bertz CT molecular complexity index is 1040. The Morgan fingerprint density at radius 2 is 1.39 bits per heavy atom. The first-order valence-corrected chi connectivity index (χ1v) is 7.95. The highest BCUT2D eigenvalue weighted by Crippen LogP contribution is 2.21. The van der Waals surface area contributed by atoms with Crippen LogP contribution in [0.1, 0.15) is 0 Å². The summed E-state index contributed by atoms with van der Waals surface area (Å²) in [6.45, 7) is 0. The van der Waals surface area contributed by atoms with Crippen molar-refractivity contribution in [1.82, 2.24) is 14.3 Å². The topological polar surface area (TPSA) is 39.8 Å². The second-order valence-electron chi connectivity index (χ2n) is 5.12. The molecule has 5 heteroatoms. The molecule has 0 aliphatic carbocycles. The number of pyridine rings is 1. The number of hydrogen-bond donors (Lipinski definition) is 0. The van der Waals surface area contributed by atoms with Crippen molar-refractivity contribution in [3.63, 3.8) is 0 Å². The van der Waals surface area contributed by atoms with Crippen LogP contribution in [0, 0.1) is 0 Å². The number of benzene rings is 2. The lowest BCUT2D eigenvalue weighted by Crippen LogP contribution is -2.20. The van der Waals surface area contributed by atoms with Crippen molar-refractivity contribution in [3.8, 4) is 11.4 Å². The van der Waals surface area contributed by atoms with Gasteiger partial charge >= 0.3 is 0 Å². The smallest absolute Gasteiger partial charge is 0.267 e. The first kappa shape index (κ1) is 14.0. The normalized spacial score (nSPS) is 11.0. The van der Waals surface area contributed by atoms with Crippen molar-refractivity contribution in [3.05, 3.63) is 87.8 Å². The minimum atomic E-state index is -0.0937. The van der Waals surface area contributed by atoms with Crippen molar-refractivity contribution in [2.75, 3.05) is 0 Å². The van der Waals surface area contributed by atoms with Crippen LogP contribution in [0.4, 0.5) is 0 Å². The molecule has 4 nitrogen and oxygen atoms in total. The highest BCUT2D eigenvalue weighted by Gasteiger charge is 2.17. The average Bonchev–Trinajstić information content (AvgIpc) is 2.89. The van der Waals surface area contributed by atoms with Crippen LogP contribution in [0.25, 0.3) is 22.4 Å². The fourth-order valence-corrected chi connectivity index (χ4v) is 3.00. The largest absolute Gasteiger partial charge is 0.281 e. The van der Waals surface area contributed by atoms with E-state index in [-0.39, 0.29) is 5.56 Å². The minimum Gasteiger partial charge on any atom is -0.267 e. The number of hydrogen-bond acceptors (Lipinski definition) is 2. The van der Waals surface area contributed by atoms with Crippen LogP contribution in [0.3, 0.4) is 0 Å². The molecule has 4 rings (SSSR count). The maximum absolute atomic E-state index is 13.0. The summed E-state index contributed by atoms with van der Waals surface area (Å²) in [5.74, 6) is 0. The van der Waals surface area contributed by atoms with Gasteiger partial charge < -0.3 is 0 Å². The first-order chi connectivity index (χ1) is 11.3. The molecule has 0 unspecified atom stereocenters. The van der Waals surface area contributed by atoms with Crippen LogP contribution in [-0.2, 0) is 0 Å². The quantitative estimate of drug-likeness (QED) is 0.539. The Hall–Kier alpha value is -2.66. The summed E-state index contributed by atoms with van der Waals surface area (Å²) in [6.07, 6.45) is 1.70. The van der Waals surface area contributed by atoms with Gasteiger partial charge in [-0.15, -0.1) is 0 Å².